The molecule has 1 heterocycles. The Balaban J connectivity index is 1.32. The smallest absolute Gasteiger partial charge is 0.222 e. The maximum atomic E-state index is 13.2. The largest absolute Gasteiger partial charge is 0.457 e. The molecule has 38 heavy (non-hydrogen) atoms. The minimum Gasteiger partial charge on any atom is -0.457 e. The minimum atomic E-state index is 0.0578. The van der Waals surface area contributed by atoms with E-state index in [2.05, 4.69) is 4.90 Å². The number of fused-ring (bicyclic) bond motifs is 1. The number of nitrogens with two attached hydrogens (primary N) is 1. The second-order valence-electron chi connectivity index (χ2n) is 11.1. The molecule has 0 radical (unpaired) electrons. The molecule has 2 saturated carbocycles. The van der Waals surface area contributed by atoms with E-state index in [0.29, 0.717) is 55.9 Å². The van der Waals surface area contributed by atoms with Crippen LogP contribution in [0.25, 0.3) is 0 Å². The molecule has 0 aromatic heterocycles. The van der Waals surface area contributed by atoms with Crippen LogP contribution in [0.5, 0.6) is 11.5 Å². The van der Waals surface area contributed by atoms with Crippen LogP contribution in [0.2, 0.25) is 0 Å². The van der Waals surface area contributed by atoms with Crippen molar-refractivity contribution in [2.24, 2.45) is 16.6 Å². The number of ether oxygens (including phenoxy) is 1. The first-order valence-electron chi connectivity index (χ1n) is 14.2. The van der Waals surface area contributed by atoms with Gasteiger partial charge in [-0.3, -0.25) is 9.59 Å². The van der Waals surface area contributed by atoms with Crippen LogP contribution in [0.4, 0.5) is 5.69 Å². The Morgan fingerprint density at radius 2 is 1.79 bits per heavy atom. The fraction of sp³-hybridized carbons (Fsp3) is 0.516. The number of rotatable bonds is 8. The van der Waals surface area contributed by atoms with Gasteiger partial charge in [0.05, 0.1) is 5.69 Å². The Hall–Kier alpha value is -3.35. The predicted molar refractivity (Wildman–Crippen MR) is 149 cm³/mol. The van der Waals surface area contributed by atoms with Gasteiger partial charge in [-0.25, -0.2) is 4.99 Å². The molecule has 0 unspecified atom stereocenters. The summed E-state index contributed by atoms with van der Waals surface area (Å²) in [5, 5.41) is 0. The molecular formula is C31H40N4O3. The highest BCUT2D eigenvalue weighted by Gasteiger charge is 2.34. The highest BCUT2D eigenvalue weighted by atomic mass is 16.5. The second kappa shape index (κ2) is 12.0. The number of para-hydroxylation sites is 1. The van der Waals surface area contributed by atoms with Crippen molar-refractivity contribution in [2.45, 2.75) is 89.3 Å². The van der Waals surface area contributed by atoms with Crippen molar-refractivity contribution in [3.63, 3.8) is 0 Å². The first-order valence-corrected chi connectivity index (χ1v) is 14.2. The molecule has 1 atom stereocenters. The molecule has 7 heteroatoms. The third-order valence-corrected chi connectivity index (χ3v) is 8.60. The molecule has 1 aliphatic heterocycles. The molecule has 2 N–H and O–H groups in total. The lowest BCUT2D eigenvalue weighted by molar-refractivity contribution is -0.133. The lowest BCUT2D eigenvalue weighted by Gasteiger charge is -2.41. The number of Topliss-reactive ketones (excluding diaryl/α,β-unsaturated/α-hetero) is 1. The fourth-order valence-electron chi connectivity index (χ4n) is 6.34. The Labute approximate surface area is 226 Å². The van der Waals surface area contributed by atoms with Gasteiger partial charge in [0.25, 0.3) is 0 Å². The molecule has 0 saturated heterocycles. The molecule has 5 rings (SSSR count). The number of amides is 1. The van der Waals surface area contributed by atoms with Crippen molar-refractivity contribution in [1.82, 2.24) is 9.80 Å². The number of carbonyl (C=O) groups excluding carboxylic acids is 2. The van der Waals surface area contributed by atoms with E-state index in [1.807, 2.05) is 60.5 Å². The maximum absolute atomic E-state index is 13.2. The summed E-state index contributed by atoms with van der Waals surface area (Å²) in [6.45, 7) is 0.610. The fourth-order valence-corrected chi connectivity index (χ4v) is 6.34. The SMILES string of the molecule is CN(C(=O)CC[C@@H](C1CCC(=O)CC1)N1Cc2cc(Oc3ccccc3)ccc2N=C1N)C1CCCCC1. The number of guanidine groups is 1. The second-order valence-corrected chi connectivity index (χ2v) is 11.1. The average Bonchev–Trinajstić information content (AvgIpc) is 2.95. The quantitative estimate of drug-likeness (QED) is 0.469. The number of benzene rings is 2. The Kier molecular flexibility index (Phi) is 8.30. The lowest BCUT2D eigenvalue weighted by atomic mass is 9.80. The highest BCUT2D eigenvalue weighted by Crippen LogP contribution is 2.36. The summed E-state index contributed by atoms with van der Waals surface area (Å²) < 4.78 is 6.07. The van der Waals surface area contributed by atoms with Crippen LogP contribution in [0.1, 0.15) is 76.2 Å². The van der Waals surface area contributed by atoms with E-state index in [4.69, 9.17) is 15.5 Å². The summed E-state index contributed by atoms with van der Waals surface area (Å²) in [6, 6.07) is 16.1. The van der Waals surface area contributed by atoms with Crippen LogP contribution in [0, 0.1) is 5.92 Å². The predicted octanol–water partition coefficient (Wildman–Crippen LogP) is 5.94. The van der Waals surface area contributed by atoms with Crippen LogP contribution < -0.4 is 10.5 Å². The summed E-state index contributed by atoms with van der Waals surface area (Å²) in [7, 11) is 1.97. The monoisotopic (exact) mass is 516 g/mol. The number of aliphatic imine (C=N–C) groups is 1. The van der Waals surface area contributed by atoms with E-state index in [1.165, 1.54) is 19.3 Å². The summed E-state index contributed by atoms with van der Waals surface area (Å²) in [5.74, 6) is 2.88. The third-order valence-electron chi connectivity index (χ3n) is 8.60. The zero-order chi connectivity index (χ0) is 26.5. The maximum Gasteiger partial charge on any atom is 0.222 e. The normalized spacial score (nSPS) is 19.4. The topological polar surface area (TPSA) is 88.2 Å². The van der Waals surface area contributed by atoms with Gasteiger partial charge < -0.3 is 20.3 Å². The van der Waals surface area contributed by atoms with Gasteiger partial charge in [0.15, 0.2) is 5.96 Å². The van der Waals surface area contributed by atoms with Gasteiger partial charge in [-0.15, -0.1) is 0 Å². The van der Waals surface area contributed by atoms with Crippen molar-refractivity contribution in [3.05, 3.63) is 54.1 Å². The van der Waals surface area contributed by atoms with Crippen LogP contribution in [-0.4, -0.2) is 46.6 Å². The summed E-state index contributed by atoms with van der Waals surface area (Å²) >= 11 is 0. The van der Waals surface area contributed by atoms with Gasteiger partial charge in [0, 0.05) is 50.5 Å². The molecule has 2 aromatic rings. The zero-order valence-corrected chi connectivity index (χ0v) is 22.5. The molecule has 3 aliphatic rings. The van der Waals surface area contributed by atoms with Crippen molar-refractivity contribution in [2.75, 3.05) is 7.05 Å². The third kappa shape index (κ3) is 6.20. The molecule has 0 spiro atoms. The molecule has 1 amide bonds. The van der Waals surface area contributed by atoms with E-state index in [1.54, 1.807) is 0 Å². The Morgan fingerprint density at radius 1 is 1.05 bits per heavy atom. The lowest BCUT2D eigenvalue weighted by Crippen LogP contribution is -2.50. The molecule has 2 aromatic carbocycles. The van der Waals surface area contributed by atoms with E-state index < -0.39 is 0 Å². The standard InChI is InChI=1S/C31H40N4O3/c1-34(24-8-4-2-5-9-24)30(37)19-18-29(22-12-14-25(36)15-13-22)35-21-23-20-27(16-17-28(23)33-31(35)32)38-26-10-6-3-7-11-26/h3,6-7,10-11,16-17,20,22,24,29H,2,4-5,8-9,12-15,18-19,21H2,1H3,(H2,32,33)/t29-/m0/s1. The molecule has 202 valence electrons. The van der Waals surface area contributed by atoms with E-state index in [9.17, 15) is 9.59 Å². The average molecular weight is 517 g/mol. The molecule has 2 aliphatic carbocycles. The molecule has 0 bridgehead atoms. The Morgan fingerprint density at radius 3 is 2.53 bits per heavy atom. The number of hydrogen-bond acceptors (Lipinski definition) is 6. The van der Waals surface area contributed by atoms with Crippen LogP contribution in [0.3, 0.4) is 0 Å². The van der Waals surface area contributed by atoms with Gasteiger partial charge in [-0.1, -0.05) is 37.5 Å². The van der Waals surface area contributed by atoms with Crippen LogP contribution in [0.15, 0.2) is 53.5 Å². The minimum absolute atomic E-state index is 0.0578. The van der Waals surface area contributed by atoms with Gasteiger partial charge in [0.2, 0.25) is 5.91 Å². The van der Waals surface area contributed by atoms with E-state index >= 15 is 0 Å². The number of nitrogens with zero attached hydrogens (tertiary/aromatic N) is 3. The molecule has 7 nitrogen and oxygen atoms in total. The highest BCUT2D eigenvalue weighted by molar-refractivity contribution is 5.84. The van der Waals surface area contributed by atoms with Crippen molar-refractivity contribution in [1.29, 1.82) is 0 Å². The number of ketones is 1. The number of carbonyl (C=O) groups is 2. The number of hydrogen-bond donors (Lipinski definition) is 1. The molecule has 2 fully saturated rings. The van der Waals surface area contributed by atoms with Crippen molar-refractivity contribution >= 4 is 23.3 Å². The van der Waals surface area contributed by atoms with Crippen molar-refractivity contribution in [3.8, 4) is 11.5 Å². The van der Waals surface area contributed by atoms with Gasteiger partial charge in [-0.05, 0) is 68.4 Å². The first-order chi connectivity index (χ1) is 18.5. The van der Waals surface area contributed by atoms with Crippen LogP contribution in [-0.2, 0) is 16.1 Å². The van der Waals surface area contributed by atoms with Crippen molar-refractivity contribution < 1.29 is 14.3 Å². The van der Waals surface area contributed by atoms with Gasteiger partial charge in [-0.2, -0.15) is 0 Å². The van der Waals surface area contributed by atoms with Gasteiger partial charge >= 0.3 is 0 Å². The van der Waals surface area contributed by atoms with E-state index in [0.717, 1.165) is 48.4 Å². The zero-order valence-electron chi connectivity index (χ0n) is 22.5. The first kappa shape index (κ1) is 26.3. The molecular weight excluding hydrogens is 476 g/mol. The summed E-state index contributed by atoms with van der Waals surface area (Å²) in [4.78, 5) is 34.2. The van der Waals surface area contributed by atoms with Gasteiger partial charge in [0.1, 0.15) is 17.3 Å². The summed E-state index contributed by atoms with van der Waals surface area (Å²) in [5.41, 5.74) is 8.46. The Bertz CT molecular complexity index is 1150. The summed E-state index contributed by atoms with van der Waals surface area (Å²) in [6.07, 6.45) is 9.96. The van der Waals surface area contributed by atoms with Crippen LogP contribution >= 0.6 is 0 Å². The van der Waals surface area contributed by atoms with E-state index in [-0.39, 0.29) is 11.9 Å².